The molecule has 0 bridgehead atoms. The lowest BCUT2D eigenvalue weighted by molar-refractivity contribution is -0.143. The van der Waals surface area contributed by atoms with Gasteiger partial charge in [0.1, 0.15) is 0 Å². The number of rotatable bonds is 6. The van der Waals surface area contributed by atoms with Gasteiger partial charge in [-0.3, -0.25) is 24.9 Å². The largest absolute Gasteiger partial charge is 0.481 e. The van der Waals surface area contributed by atoms with Crippen molar-refractivity contribution in [3.8, 4) is 22.4 Å². The van der Waals surface area contributed by atoms with Gasteiger partial charge in [-0.1, -0.05) is 48.5 Å². The second kappa shape index (κ2) is 10.2. The number of fused-ring (bicyclic) bond motifs is 1. The maximum Gasteiger partial charge on any atom is 0.307 e. The van der Waals surface area contributed by atoms with Crippen LogP contribution in [0.4, 0.5) is 0 Å². The Balaban J connectivity index is 1.34. The Morgan fingerprint density at radius 3 is 2.42 bits per heavy atom. The summed E-state index contributed by atoms with van der Waals surface area (Å²) in [6.07, 6.45) is 4.93. The van der Waals surface area contributed by atoms with E-state index in [9.17, 15) is 14.7 Å². The molecule has 1 unspecified atom stereocenters. The fourth-order valence-corrected chi connectivity index (χ4v) is 4.78. The lowest BCUT2D eigenvalue weighted by Gasteiger charge is -2.30. The van der Waals surface area contributed by atoms with Gasteiger partial charge in [-0.25, -0.2) is 10.8 Å². The van der Waals surface area contributed by atoms with Crippen LogP contribution in [-0.2, 0) is 11.3 Å². The minimum atomic E-state index is -0.701. The molecule has 0 saturated carbocycles. The van der Waals surface area contributed by atoms with Gasteiger partial charge < -0.3 is 5.11 Å². The molecule has 2 aromatic carbocycles. The lowest BCUT2D eigenvalue weighted by Crippen LogP contribution is -2.38. The Morgan fingerprint density at radius 1 is 1.03 bits per heavy atom. The van der Waals surface area contributed by atoms with E-state index in [2.05, 4.69) is 39.6 Å². The van der Waals surface area contributed by atoms with Gasteiger partial charge in [0, 0.05) is 36.4 Å². The molecule has 0 spiro atoms. The summed E-state index contributed by atoms with van der Waals surface area (Å²) < 4.78 is 0. The van der Waals surface area contributed by atoms with Gasteiger partial charge in [0.2, 0.25) is 0 Å². The molecule has 1 atom stereocenters. The molecule has 8 nitrogen and oxygen atoms in total. The summed E-state index contributed by atoms with van der Waals surface area (Å²) in [6, 6.07) is 19.9. The van der Waals surface area contributed by atoms with E-state index >= 15 is 0 Å². The first-order chi connectivity index (χ1) is 17.5. The van der Waals surface area contributed by atoms with Crippen molar-refractivity contribution in [2.24, 2.45) is 11.8 Å². The summed E-state index contributed by atoms with van der Waals surface area (Å²) in [4.78, 5) is 34.7. The fraction of sp³-hybridized carbons (Fsp3) is 0.214. The standard InChI is InChI=1S/C28H27N5O3/c29-32-27(34)23-14-26(31-25-11-12-30-15-24(23)25)21-9-7-20(8-10-21)19-5-3-18(4-6-19)16-33-13-1-2-22(17-33)28(35)36/h3-12,14-15,22H,1-2,13,16-17,29H2,(H,32,34)(H,35,36). The number of benzene rings is 2. The van der Waals surface area contributed by atoms with Crippen LogP contribution in [0, 0.1) is 5.92 Å². The average molecular weight is 482 g/mol. The number of nitrogens with zero attached hydrogens (tertiary/aromatic N) is 3. The Kier molecular flexibility index (Phi) is 6.71. The third kappa shape index (κ3) is 4.95. The van der Waals surface area contributed by atoms with Crippen LogP contribution in [0.15, 0.2) is 73.1 Å². The highest BCUT2D eigenvalue weighted by atomic mass is 16.4. The molecule has 2 aromatic heterocycles. The van der Waals surface area contributed by atoms with Gasteiger partial charge in [0.15, 0.2) is 0 Å². The number of hydrogen-bond donors (Lipinski definition) is 3. The molecule has 182 valence electrons. The molecule has 1 aliphatic heterocycles. The van der Waals surface area contributed by atoms with Crippen LogP contribution in [0.5, 0.6) is 0 Å². The monoisotopic (exact) mass is 481 g/mol. The number of likely N-dealkylation sites (tertiary alicyclic amines) is 1. The Bertz CT molecular complexity index is 1400. The van der Waals surface area contributed by atoms with E-state index in [4.69, 9.17) is 10.8 Å². The number of hydrogen-bond acceptors (Lipinski definition) is 6. The van der Waals surface area contributed by atoms with Crippen molar-refractivity contribution in [1.29, 1.82) is 0 Å². The van der Waals surface area contributed by atoms with Gasteiger partial charge in [-0.05, 0) is 48.2 Å². The number of carboxylic acids is 1. The number of nitrogen functional groups attached to an aromatic ring is 1. The van der Waals surface area contributed by atoms with Crippen LogP contribution >= 0.6 is 0 Å². The molecule has 8 heteroatoms. The van der Waals surface area contributed by atoms with Crippen molar-refractivity contribution < 1.29 is 14.7 Å². The molecule has 0 radical (unpaired) electrons. The zero-order chi connectivity index (χ0) is 25.1. The first-order valence-electron chi connectivity index (χ1n) is 11.9. The number of carbonyl (C=O) groups is 2. The van der Waals surface area contributed by atoms with E-state index in [1.807, 2.05) is 24.3 Å². The molecule has 1 amide bonds. The molecule has 3 heterocycles. The average Bonchev–Trinajstić information content (AvgIpc) is 2.92. The van der Waals surface area contributed by atoms with Gasteiger partial charge in [-0.15, -0.1) is 0 Å². The third-order valence-electron chi connectivity index (χ3n) is 6.71. The number of piperidine rings is 1. The first kappa shape index (κ1) is 23.6. The van der Waals surface area contributed by atoms with Crippen LogP contribution in [0.2, 0.25) is 0 Å². The topological polar surface area (TPSA) is 121 Å². The van der Waals surface area contributed by atoms with E-state index < -0.39 is 11.9 Å². The van der Waals surface area contributed by atoms with Gasteiger partial charge in [0.25, 0.3) is 5.91 Å². The van der Waals surface area contributed by atoms with Crippen molar-refractivity contribution in [3.63, 3.8) is 0 Å². The summed E-state index contributed by atoms with van der Waals surface area (Å²) in [5, 5.41) is 9.96. The minimum Gasteiger partial charge on any atom is -0.481 e. The smallest absolute Gasteiger partial charge is 0.307 e. The number of amides is 1. The quantitative estimate of drug-likeness (QED) is 0.217. The Morgan fingerprint density at radius 2 is 1.72 bits per heavy atom. The molecule has 0 aliphatic carbocycles. The first-order valence-corrected chi connectivity index (χ1v) is 11.9. The molecule has 36 heavy (non-hydrogen) atoms. The van der Waals surface area contributed by atoms with Gasteiger partial charge in [0.05, 0.1) is 22.7 Å². The van der Waals surface area contributed by atoms with E-state index in [0.717, 1.165) is 42.6 Å². The van der Waals surface area contributed by atoms with Crippen LogP contribution in [0.25, 0.3) is 33.3 Å². The number of nitrogens with one attached hydrogen (secondary N) is 1. The molecular formula is C28H27N5O3. The summed E-state index contributed by atoms with van der Waals surface area (Å²) in [5.41, 5.74) is 8.18. The molecule has 4 aromatic rings. The van der Waals surface area contributed by atoms with Crippen molar-refractivity contribution in [2.45, 2.75) is 19.4 Å². The minimum absolute atomic E-state index is 0.272. The lowest BCUT2D eigenvalue weighted by atomic mass is 9.97. The van der Waals surface area contributed by atoms with Crippen LogP contribution in [-0.4, -0.2) is 44.9 Å². The number of aliphatic carboxylic acids is 1. The van der Waals surface area contributed by atoms with Crippen molar-refractivity contribution in [3.05, 3.63) is 84.2 Å². The van der Waals surface area contributed by atoms with E-state index in [-0.39, 0.29) is 5.92 Å². The number of pyridine rings is 2. The zero-order valence-corrected chi connectivity index (χ0v) is 19.7. The highest BCUT2D eigenvalue weighted by Gasteiger charge is 2.25. The second-order valence-electron chi connectivity index (χ2n) is 9.11. The predicted molar refractivity (Wildman–Crippen MR) is 138 cm³/mol. The van der Waals surface area contributed by atoms with Crippen LogP contribution in [0.1, 0.15) is 28.8 Å². The summed E-state index contributed by atoms with van der Waals surface area (Å²) in [7, 11) is 0. The van der Waals surface area contributed by atoms with E-state index in [1.54, 1.807) is 24.5 Å². The normalized spacial score (nSPS) is 16.1. The fourth-order valence-electron chi connectivity index (χ4n) is 4.78. The molecule has 1 saturated heterocycles. The number of carboxylic acid groups (broad SMARTS) is 1. The summed E-state index contributed by atoms with van der Waals surface area (Å²) in [6.45, 7) is 2.29. The number of nitrogens with two attached hydrogens (primary N) is 1. The number of hydrazine groups is 1. The van der Waals surface area contributed by atoms with Gasteiger partial charge >= 0.3 is 5.97 Å². The molecule has 4 N–H and O–H groups in total. The van der Waals surface area contributed by atoms with E-state index in [0.29, 0.717) is 28.7 Å². The molecule has 1 aliphatic rings. The maximum absolute atomic E-state index is 12.3. The third-order valence-corrected chi connectivity index (χ3v) is 6.71. The maximum atomic E-state index is 12.3. The second-order valence-corrected chi connectivity index (χ2v) is 9.11. The highest BCUT2D eigenvalue weighted by molar-refractivity contribution is 6.06. The number of carbonyl (C=O) groups excluding carboxylic acids is 1. The highest BCUT2D eigenvalue weighted by Crippen LogP contribution is 2.28. The van der Waals surface area contributed by atoms with Crippen molar-refractivity contribution in [2.75, 3.05) is 13.1 Å². The predicted octanol–water partition coefficient (Wildman–Crippen LogP) is 3.86. The van der Waals surface area contributed by atoms with E-state index in [1.165, 1.54) is 5.56 Å². The van der Waals surface area contributed by atoms with Crippen LogP contribution < -0.4 is 11.3 Å². The van der Waals surface area contributed by atoms with Gasteiger partial charge in [-0.2, -0.15) is 0 Å². The molecular weight excluding hydrogens is 454 g/mol. The number of aromatic nitrogens is 2. The summed E-state index contributed by atoms with van der Waals surface area (Å²) >= 11 is 0. The SMILES string of the molecule is NNC(=O)c1cc(-c2ccc(-c3ccc(CN4CCCC(C(=O)O)C4)cc3)cc2)nc2ccncc12. The molecule has 1 fully saturated rings. The van der Waals surface area contributed by atoms with Crippen LogP contribution in [0.3, 0.4) is 0 Å². The Labute approximate surface area is 208 Å². The van der Waals surface area contributed by atoms with Crippen molar-refractivity contribution in [1.82, 2.24) is 20.3 Å². The summed E-state index contributed by atoms with van der Waals surface area (Å²) in [5.74, 6) is 4.02. The van der Waals surface area contributed by atoms with Crippen molar-refractivity contribution >= 4 is 22.8 Å². The molecule has 5 rings (SSSR count). The Hall–Kier alpha value is -4.14. The zero-order valence-electron chi connectivity index (χ0n) is 19.7.